The van der Waals surface area contributed by atoms with E-state index in [0.29, 0.717) is 0 Å². The van der Waals surface area contributed by atoms with Gasteiger partial charge in [-0.2, -0.15) is 17.9 Å². The molecule has 0 aromatic carbocycles. The Morgan fingerprint density at radius 3 is 2.10 bits per heavy atom. The van der Waals surface area contributed by atoms with Crippen LogP contribution in [0.25, 0.3) is 0 Å². The summed E-state index contributed by atoms with van der Waals surface area (Å²) < 4.78 is 34.8. The van der Waals surface area contributed by atoms with Gasteiger partial charge in [0.1, 0.15) is 10.4 Å². The van der Waals surface area contributed by atoms with E-state index < -0.39 is 12.1 Å². The number of carbonyl (C=O) groups excluding carboxylic acids is 1. The first kappa shape index (κ1) is 9.44. The Morgan fingerprint density at radius 1 is 1.60 bits per heavy atom. The molecule has 0 saturated heterocycles. The van der Waals surface area contributed by atoms with Crippen molar-refractivity contribution in [2.45, 2.75) is 6.18 Å². The van der Waals surface area contributed by atoms with Crippen LogP contribution in [0.4, 0.5) is 13.2 Å². The van der Waals surface area contributed by atoms with Crippen molar-refractivity contribution in [1.29, 1.82) is 0 Å². The minimum atomic E-state index is -4.89. The molecule has 0 amide bonds. The highest BCUT2D eigenvalue weighted by molar-refractivity contribution is 6.03. The van der Waals surface area contributed by atoms with Gasteiger partial charge in [-0.15, -0.1) is 0 Å². The summed E-state index contributed by atoms with van der Waals surface area (Å²) in [5.74, 6) is -2.18. The molecule has 0 fully saturated rings. The van der Waals surface area contributed by atoms with Crippen LogP contribution in [-0.2, 0) is 9.63 Å². The molecule has 0 unspecified atom stereocenters. The maximum atomic E-state index is 11.3. The van der Waals surface area contributed by atoms with E-state index in [4.69, 9.17) is 0 Å². The van der Waals surface area contributed by atoms with Gasteiger partial charge in [0, 0.05) is 7.05 Å². The minimum absolute atomic E-state index is 0.241. The molecule has 0 aliphatic heterocycles. The van der Waals surface area contributed by atoms with Crippen molar-refractivity contribution >= 4 is 16.4 Å². The van der Waals surface area contributed by atoms with Crippen molar-refractivity contribution in [3.63, 3.8) is 0 Å². The Kier molecular flexibility index (Phi) is 2.85. The van der Waals surface area contributed by atoms with Crippen molar-refractivity contribution in [2.24, 2.45) is 0 Å². The number of hydroxylamine groups is 1. The summed E-state index contributed by atoms with van der Waals surface area (Å²) in [7, 11) is 1.49. The van der Waals surface area contributed by atoms with Gasteiger partial charge in [0.15, 0.2) is 0 Å². The number of nitrogens with zero attached hydrogens (tertiary/aromatic N) is 1. The average Bonchev–Trinajstić information content (AvgIpc) is 1.60. The molecule has 10 heavy (non-hydrogen) atoms. The van der Waals surface area contributed by atoms with Crippen LogP contribution >= 0.6 is 0 Å². The standard InChI is InChI=1S/C3H6F3NO2Si/c1-7(10)9-2(8)3(4,5)6/h1,10H3. The molecule has 7 heteroatoms. The lowest BCUT2D eigenvalue weighted by atomic mass is 10.7. The number of alkyl halides is 3. The number of hydrogen-bond acceptors (Lipinski definition) is 3. The minimum Gasteiger partial charge on any atom is -0.370 e. The zero-order valence-corrected chi connectivity index (χ0v) is 7.40. The summed E-state index contributed by atoms with van der Waals surface area (Å²) in [6, 6.07) is 0. The first-order valence-electron chi connectivity index (χ1n) is 2.30. The van der Waals surface area contributed by atoms with Crippen LogP contribution in [0, 0.1) is 0 Å². The summed E-state index contributed by atoms with van der Waals surface area (Å²) in [4.78, 5) is 13.7. The third-order valence-corrected chi connectivity index (χ3v) is 0.680. The van der Waals surface area contributed by atoms with E-state index in [-0.39, 0.29) is 10.4 Å². The zero-order valence-electron chi connectivity index (χ0n) is 5.40. The SMILES string of the molecule is CN([SiH3])OC(=O)C(F)(F)F. The molecule has 0 aliphatic rings. The second-order valence-corrected chi connectivity index (χ2v) is 2.95. The van der Waals surface area contributed by atoms with Crippen molar-refractivity contribution in [2.75, 3.05) is 7.05 Å². The van der Waals surface area contributed by atoms with Crippen molar-refractivity contribution < 1.29 is 22.8 Å². The van der Waals surface area contributed by atoms with E-state index in [2.05, 4.69) is 4.84 Å². The lowest BCUT2D eigenvalue weighted by Gasteiger charge is -2.11. The Hall–Kier alpha value is -0.563. The molecule has 0 bridgehead atoms. The fourth-order valence-electron chi connectivity index (χ4n) is 0.218. The lowest BCUT2D eigenvalue weighted by Crippen LogP contribution is -2.31. The molecular weight excluding hydrogens is 167 g/mol. The zero-order chi connectivity index (χ0) is 8.36. The Balaban J connectivity index is 3.87. The predicted molar refractivity (Wildman–Crippen MR) is 29.8 cm³/mol. The van der Waals surface area contributed by atoms with Gasteiger partial charge in [0.05, 0.1) is 0 Å². The maximum Gasteiger partial charge on any atom is 0.492 e. The Morgan fingerprint density at radius 2 is 2.00 bits per heavy atom. The number of hydrogen-bond donors (Lipinski definition) is 0. The van der Waals surface area contributed by atoms with Crippen LogP contribution in [0.3, 0.4) is 0 Å². The molecule has 0 aromatic heterocycles. The fraction of sp³-hybridized carbons (Fsp3) is 0.667. The highest BCUT2D eigenvalue weighted by atomic mass is 28.2. The Labute approximate surface area is 58.2 Å². The molecule has 3 nitrogen and oxygen atoms in total. The van der Waals surface area contributed by atoms with E-state index in [0.717, 1.165) is 4.73 Å². The van der Waals surface area contributed by atoms with Crippen LogP contribution in [0.1, 0.15) is 0 Å². The molecule has 0 atom stereocenters. The molecule has 0 N–H and O–H groups in total. The third-order valence-electron chi connectivity index (χ3n) is 0.497. The first-order chi connectivity index (χ1) is 4.34. The highest BCUT2D eigenvalue weighted by Crippen LogP contribution is 2.16. The summed E-state index contributed by atoms with van der Waals surface area (Å²) in [5.41, 5.74) is 0. The molecule has 0 heterocycles. The van der Waals surface area contributed by atoms with Crippen LogP contribution < -0.4 is 0 Å². The normalized spacial score (nSPS) is 12.1. The molecule has 0 saturated carbocycles. The number of rotatable bonds is 1. The molecule has 0 rings (SSSR count). The van der Waals surface area contributed by atoms with Gasteiger partial charge in [-0.3, -0.25) is 0 Å². The van der Waals surface area contributed by atoms with Gasteiger partial charge >= 0.3 is 12.1 Å². The van der Waals surface area contributed by atoms with Crippen molar-refractivity contribution in [3.8, 4) is 0 Å². The molecule has 0 aliphatic carbocycles. The third kappa shape index (κ3) is 3.46. The smallest absolute Gasteiger partial charge is 0.370 e. The number of carbonyl (C=O) groups is 1. The average molecular weight is 173 g/mol. The molecule has 0 spiro atoms. The quantitative estimate of drug-likeness (QED) is 0.385. The molecule has 60 valence electrons. The topological polar surface area (TPSA) is 29.5 Å². The van der Waals surface area contributed by atoms with E-state index in [1.807, 2.05) is 0 Å². The molecular formula is C3H6F3NO2Si. The molecule has 0 radical (unpaired) electrons. The Bertz CT molecular complexity index is 134. The number of halogens is 3. The van der Waals surface area contributed by atoms with Crippen LogP contribution in [-0.4, -0.2) is 34.3 Å². The van der Waals surface area contributed by atoms with Gasteiger partial charge in [0.2, 0.25) is 0 Å². The predicted octanol–water partition coefficient (Wildman–Crippen LogP) is -0.781. The monoisotopic (exact) mass is 173 g/mol. The van der Waals surface area contributed by atoms with Crippen LogP contribution in [0.2, 0.25) is 0 Å². The molecule has 0 aromatic rings. The summed E-state index contributed by atoms with van der Waals surface area (Å²) >= 11 is 0. The van der Waals surface area contributed by atoms with E-state index in [9.17, 15) is 18.0 Å². The fourth-order valence-corrected chi connectivity index (χ4v) is 0.383. The van der Waals surface area contributed by atoms with Gasteiger partial charge in [-0.1, -0.05) is 0 Å². The van der Waals surface area contributed by atoms with Crippen LogP contribution in [0.15, 0.2) is 0 Å². The second-order valence-electron chi connectivity index (χ2n) is 1.69. The lowest BCUT2D eigenvalue weighted by molar-refractivity contribution is -0.220. The first-order valence-corrected chi connectivity index (χ1v) is 3.20. The second kappa shape index (κ2) is 3.02. The van der Waals surface area contributed by atoms with Crippen LogP contribution in [0.5, 0.6) is 0 Å². The van der Waals surface area contributed by atoms with Gasteiger partial charge < -0.3 is 4.84 Å². The summed E-state index contributed by atoms with van der Waals surface area (Å²) in [5, 5.41) is 0. The van der Waals surface area contributed by atoms with Gasteiger partial charge in [0.25, 0.3) is 0 Å². The maximum absolute atomic E-state index is 11.3. The van der Waals surface area contributed by atoms with E-state index >= 15 is 0 Å². The van der Waals surface area contributed by atoms with Crippen molar-refractivity contribution in [3.05, 3.63) is 0 Å². The largest absolute Gasteiger partial charge is 0.492 e. The summed E-state index contributed by atoms with van der Waals surface area (Å²) in [6.45, 7) is 0. The van der Waals surface area contributed by atoms with E-state index in [1.54, 1.807) is 0 Å². The van der Waals surface area contributed by atoms with Crippen molar-refractivity contribution in [1.82, 2.24) is 4.73 Å². The van der Waals surface area contributed by atoms with Gasteiger partial charge in [-0.25, -0.2) is 4.79 Å². The summed E-state index contributed by atoms with van der Waals surface area (Å²) in [6.07, 6.45) is -4.89. The van der Waals surface area contributed by atoms with Gasteiger partial charge in [-0.05, 0) is 0 Å². The highest BCUT2D eigenvalue weighted by Gasteiger charge is 2.41. The van der Waals surface area contributed by atoms with E-state index in [1.165, 1.54) is 7.05 Å².